The van der Waals surface area contributed by atoms with Crippen LogP contribution in [0.5, 0.6) is 0 Å². The van der Waals surface area contributed by atoms with Gasteiger partial charge in [0, 0.05) is 18.5 Å². The molecule has 4 aromatic rings. The highest BCUT2D eigenvalue weighted by atomic mass is 32.2. The lowest BCUT2D eigenvalue weighted by Crippen LogP contribution is -2.40. The van der Waals surface area contributed by atoms with Crippen LogP contribution in [-0.4, -0.2) is 29.4 Å². The maximum Gasteiger partial charge on any atom is 0.516 e. The molecule has 1 heterocycles. The number of halogens is 3. The molecule has 4 rings (SSSR count). The number of carbonyl (C=O) groups excluding carboxylic acids is 1. The number of amides is 1. The number of nitrogens with zero attached hydrogens (tertiary/aromatic N) is 2. The van der Waals surface area contributed by atoms with Gasteiger partial charge >= 0.3 is 15.5 Å². The number of para-hydroxylation sites is 2. The largest absolute Gasteiger partial charge is 0.516 e. The summed E-state index contributed by atoms with van der Waals surface area (Å²) in [6, 6.07) is 21.0. The number of fused-ring (bicyclic) bond motifs is 1. The zero-order valence-electron chi connectivity index (χ0n) is 18.7. The molecule has 1 amide bonds. The molecular formula is C25H22F3N3O3S. The first kappa shape index (κ1) is 24.5. The lowest BCUT2D eigenvalue weighted by molar-refractivity contribution is -0.0446. The van der Waals surface area contributed by atoms with Crippen molar-refractivity contribution in [2.45, 2.75) is 31.8 Å². The summed E-state index contributed by atoms with van der Waals surface area (Å²) >= 11 is 0. The standard InChI is InChI=1S/C25H22F3N3O3S/c1-2-7-23-29-21-10-5-6-11-22(21)31(23)16-17-12-14-18(15-13-17)19-8-3-4-9-20(19)24(32)30-35(33,34)25(26,27)28/h3-6,8-15H,2,7,16H2,1H3,(H,30,32). The van der Waals surface area contributed by atoms with E-state index in [2.05, 4.69) is 11.5 Å². The number of rotatable bonds is 7. The van der Waals surface area contributed by atoms with Crippen molar-refractivity contribution < 1.29 is 26.4 Å². The topological polar surface area (TPSA) is 81.1 Å². The van der Waals surface area contributed by atoms with Crippen LogP contribution in [0.1, 0.15) is 35.1 Å². The van der Waals surface area contributed by atoms with Gasteiger partial charge in [0.15, 0.2) is 0 Å². The fourth-order valence-electron chi connectivity index (χ4n) is 3.86. The molecule has 1 aromatic heterocycles. The van der Waals surface area contributed by atoms with Crippen LogP contribution in [0.15, 0.2) is 72.8 Å². The second-order valence-corrected chi connectivity index (χ2v) is 9.65. The van der Waals surface area contributed by atoms with Crippen molar-refractivity contribution in [1.82, 2.24) is 14.3 Å². The summed E-state index contributed by atoms with van der Waals surface area (Å²) in [7, 11) is -5.81. The maximum absolute atomic E-state index is 12.7. The van der Waals surface area contributed by atoms with E-state index in [0.29, 0.717) is 17.7 Å². The van der Waals surface area contributed by atoms with Crippen molar-refractivity contribution in [1.29, 1.82) is 0 Å². The van der Waals surface area contributed by atoms with Crippen molar-refractivity contribution in [3.63, 3.8) is 0 Å². The van der Waals surface area contributed by atoms with Crippen molar-refractivity contribution in [3.8, 4) is 11.1 Å². The molecule has 0 bridgehead atoms. The molecule has 0 aliphatic rings. The Morgan fingerprint density at radius 2 is 1.63 bits per heavy atom. The lowest BCUT2D eigenvalue weighted by Gasteiger charge is -2.13. The van der Waals surface area contributed by atoms with E-state index in [9.17, 15) is 26.4 Å². The molecular weight excluding hydrogens is 479 g/mol. The minimum absolute atomic E-state index is 0.182. The van der Waals surface area contributed by atoms with Gasteiger partial charge in [0.25, 0.3) is 5.91 Å². The van der Waals surface area contributed by atoms with Crippen LogP contribution in [0.25, 0.3) is 22.2 Å². The molecule has 3 aromatic carbocycles. The molecule has 0 saturated heterocycles. The summed E-state index contributed by atoms with van der Waals surface area (Å²) in [6.07, 6.45) is 1.78. The minimum atomic E-state index is -5.81. The van der Waals surface area contributed by atoms with E-state index < -0.39 is 21.4 Å². The van der Waals surface area contributed by atoms with Crippen molar-refractivity contribution in [2.75, 3.05) is 0 Å². The monoisotopic (exact) mass is 501 g/mol. The fraction of sp³-hybridized carbons (Fsp3) is 0.200. The lowest BCUT2D eigenvalue weighted by atomic mass is 9.98. The van der Waals surface area contributed by atoms with Crippen LogP contribution >= 0.6 is 0 Å². The molecule has 0 aliphatic heterocycles. The van der Waals surface area contributed by atoms with E-state index in [-0.39, 0.29) is 5.56 Å². The van der Waals surface area contributed by atoms with Gasteiger partial charge in [-0.1, -0.05) is 61.5 Å². The normalized spacial score (nSPS) is 12.1. The number of benzene rings is 3. The SMILES string of the molecule is CCCc1nc2ccccc2n1Cc1ccc(-c2ccccc2C(=O)NS(=O)(=O)C(F)(F)F)cc1. The van der Waals surface area contributed by atoms with Crippen LogP contribution < -0.4 is 4.72 Å². The predicted octanol–water partition coefficient (Wildman–Crippen LogP) is 5.28. The number of carbonyl (C=O) groups is 1. The Kier molecular flexibility index (Phi) is 6.66. The first-order chi connectivity index (χ1) is 16.6. The number of aryl methyl sites for hydroxylation is 1. The highest BCUT2D eigenvalue weighted by Crippen LogP contribution is 2.27. The summed E-state index contributed by atoms with van der Waals surface area (Å²) in [5.41, 5.74) is -1.99. The Bertz CT molecular complexity index is 1480. The predicted molar refractivity (Wildman–Crippen MR) is 127 cm³/mol. The highest BCUT2D eigenvalue weighted by Gasteiger charge is 2.47. The van der Waals surface area contributed by atoms with E-state index in [1.54, 1.807) is 24.3 Å². The first-order valence-corrected chi connectivity index (χ1v) is 12.3. The smallest absolute Gasteiger partial charge is 0.323 e. The molecule has 0 fully saturated rings. The maximum atomic E-state index is 12.7. The number of nitrogens with one attached hydrogen (secondary N) is 1. The number of alkyl halides is 3. The summed E-state index contributed by atoms with van der Waals surface area (Å²) in [6.45, 7) is 2.66. The van der Waals surface area contributed by atoms with Gasteiger partial charge in [-0.2, -0.15) is 21.6 Å². The van der Waals surface area contributed by atoms with Gasteiger partial charge in [-0.15, -0.1) is 0 Å². The summed E-state index contributed by atoms with van der Waals surface area (Å²) < 4.78 is 64.1. The van der Waals surface area contributed by atoms with Crippen LogP contribution in [0, 0.1) is 0 Å². The fourth-order valence-corrected chi connectivity index (χ4v) is 4.33. The Balaban J connectivity index is 1.62. The Labute approximate surface area is 200 Å². The molecule has 182 valence electrons. The summed E-state index contributed by atoms with van der Waals surface area (Å²) in [5, 5.41) is 0. The molecule has 6 nitrogen and oxygen atoms in total. The first-order valence-electron chi connectivity index (χ1n) is 10.9. The third-order valence-corrected chi connectivity index (χ3v) is 6.58. The zero-order chi connectivity index (χ0) is 25.2. The number of imidazole rings is 1. The van der Waals surface area contributed by atoms with E-state index in [4.69, 9.17) is 4.98 Å². The minimum Gasteiger partial charge on any atom is -0.323 e. The van der Waals surface area contributed by atoms with E-state index in [1.807, 2.05) is 36.4 Å². The third-order valence-electron chi connectivity index (χ3n) is 5.52. The molecule has 0 saturated carbocycles. The number of hydrogen-bond donors (Lipinski definition) is 1. The van der Waals surface area contributed by atoms with E-state index in [0.717, 1.165) is 40.0 Å². The Hall–Kier alpha value is -3.66. The molecule has 0 aliphatic carbocycles. The van der Waals surface area contributed by atoms with Crippen LogP contribution in [0.3, 0.4) is 0 Å². The van der Waals surface area contributed by atoms with Gasteiger partial charge in [0.1, 0.15) is 5.82 Å². The van der Waals surface area contributed by atoms with Gasteiger partial charge < -0.3 is 4.57 Å². The number of sulfonamides is 1. The van der Waals surface area contributed by atoms with Gasteiger partial charge in [-0.05, 0) is 41.3 Å². The zero-order valence-corrected chi connectivity index (χ0v) is 19.5. The Morgan fingerprint density at radius 3 is 2.31 bits per heavy atom. The van der Waals surface area contributed by atoms with Crippen molar-refractivity contribution >= 4 is 27.0 Å². The number of hydrogen-bond acceptors (Lipinski definition) is 4. The van der Waals surface area contributed by atoms with Crippen LogP contribution in [0.2, 0.25) is 0 Å². The average molecular weight is 502 g/mol. The number of aromatic nitrogens is 2. The molecule has 0 unspecified atom stereocenters. The highest BCUT2D eigenvalue weighted by molar-refractivity contribution is 7.90. The van der Waals surface area contributed by atoms with E-state index >= 15 is 0 Å². The second kappa shape index (κ2) is 9.53. The van der Waals surface area contributed by atoms with Crippen LogP contribution in [0.4, 0.5) is 13.2 Å². The Morgan fingerprint density at radius 1 is 0.971 bits per heavy atom. The quantitative estimate of drug-likeness (QED) is 0.374. The molecule has 10 heteroatoms. The van der Waals surface area contributed by atoms with Gasteiger partial charge in [0.05, 0.1) is 11.0 Å². The van der Waals surface area contributed by atoms with Crippen molar-refractivity contribution in [2.24, 2.45) is 0 Å². The second-order valence-electron chi connectivity index (χ2n) is 7.98. The molecule has 0 radical (unpaired) electrons. The van der Waals surface area contributed by atoms with E-state index in [1.165, 1.54) is 12.1 Å². The molecule has 0 spiro atoms. The molecule has 1 N–H and O–H groups in total. The average Bonchev–Trinajstić information content (AvgIpc) is 3.16. The van der Waals surface area contributed by atoms with Crippen molar-refractivity contribution in [3.05, 3.63) is 89.7 Å². The molecule has 0 atom stereocenters. The summed E-state index contributed by atoms with van der Waals surface area (Å²) in [4.78, 5) is 17.1. The van der Waals surface area contributed by atoms with Crippen LogP contribution in [-0.2, 0) is 23.0 Å². The third kappa shape index (κ3) is 5.07. The summed E-state index contributed by atoms with van der Waals surface area (Å²) in [5.74, 6) is -0.373. The molecule has 35 heavy (non-hydrogen) atoms. The van der Waals surface area contributed by atoms with Gasteiger partial charge in [-0.3, -0.25) is 4.79 Å². The van der Waals surface area contributed by atoms with Gasteiger partial charge in [-0.25, -0.2) is 9.71 Å². The van der Waals surface area contributed by atoms with Gasteiger partial charge in [0.2, 0.25) is 0 Å².